The average Bonchev–Trinajstić information content (AvgIpc) is 2.12. The normalized spacial score (nSPS) is 50.1. The first-order valence-electron chi connectivity index (χ1n) is 6.01. The van der Waals surface area contributed by atoms with Crippen molar-refractivity contribution in [1.82, 2.24) is 5.32 Å². The van der Waals surface area contributed by atoms with Crippen molar-refractivity contribution in [3.8, 4) is 0 Å². The molecule has 2 atom stereocenters. The minimum absolute atomic E-state index is 0.360. The number of Topliss-reactive ketones (excluding diaryl/α,β-unsaturated/α-hetero) is 1. The predicted molar refractivity (Wildman–Crippen MR) is 55.0 cm³/mol. The largest absolute Gasteiger partial charge is 0.311 e. The quantitative estimate of drug-likeness (QED) is 0.724. The summed E-state index contributed by atoms with van der Waals surface area (Å²) in [5, 5.41) is 3.66. The fraction of sp³-hybridized carbons (Fsp3) is 0.917. The lowest BCUT2D eigenvalue weighted by Crippen LogP contribution is -2.61. The molecule has 0 aromatic rings. The summed E-state index contributed by atoms with van der Waals surface area (Å²) in [5.74, 6) is 2.28. The molecule has 0 aliphatic heterocycles. The van der Waals surface area contributed by atoms with Crippen LogP contribution in [0.1, 0.15) is 39.0 Å². The van der Waals surface area contributed by atoms with Gasteiger partial charge in [0.15, 0.2) is 0 Å². The fourth-order valence-electron chi connectivity index (χ4n) is 4.34. The Balaban J connectivity index is 1.88. The second-order valence-corrected chi connectivity index (χ2v) is 5.56. The minimum atomic E-state index is 0.360. The molecule has 0 radical (unpaired) electrons. The molecule has 0 heterocycles. The predicted octanol–water partition coefficient (Wildman–Crippen LogP) is 1.74. The van der Waals surface area contributed by atoms with Crippen molar-refractivity contribution in [2.24, 2.45) is 17.8 Å². The SMILES string of the molecule is CCNC12CC3CC(C1)C(=O)C(C3)C2. The molecule has 2 heteroatoms. The minimum Gasteiger partial charge on any atom is -0.311 e. The molecule has 4 aliphatic carbocycles. The van der Waals surface area contributed by atoms with Crippen LogP contribution in [-0.4, -0.2) is 17.9 Å². The number of rotatable bonds is 2. The lowest BCUT2D eigenvalue weighted by atomic mass is 9.52. The summed E-state index contributed by atoms with van der Waals surface area (Å²) in [7, 11) is 0. The third kappa shape index (κ3) is 1.10. The van der Waals surface area contributed by atoms with E-state index in [-0.39, 0.29) is 0 Å². The first-order chi connectivity index (χ1) is 6.72. The molecule has 0 aromatic heterocycles. The van der Waals surface area contributed by atoms with E-state index in [1.807, 2.05) is 0 Å². The van der Waals surface area contributed by atoms with Gasteiger partial charge in [-0.15, -0.1) is 0 Å². The van der Waals surface area contributed by atoms with E-state index >= 15 is 0 Å². The molecule has 4 fully saturated rings. The van der Waals surface area contributed by atoms with Gasteiger partial charge in [-0.25, -0.2) is 0 Å². The molecule has 4 saturated carbocycles. The van der Waals surface area contributed by atoms with E-state index in [2.05, 4.69) is 12.2 Å². The van der Waals surface area contributed by atoms with E-state index < -0.39 is 0 Å². The maximum Gasteiger partial charge on any atom is 0.139 e. The van der Waals surface area contributed by atoms with Gasteiger partial charge in [-0.05, 0) is 44.6 Å². The molecule has 0 spiro atoms. The second kappa shape index (κ2) is 2.82. The van der Waals surface area contributed by atoms with Crippen LogP contribution in [0.5, 0.6) is 0 Å². The Morgan fingerprint density at radius 1 is 1.29 bits per heavy atom. The van der Waals surface area contributed by atoms with Crippen LogP contribution >= 0.6 is 0 Å². The summed E-state index contributed by atoms with van der Waals surface area (Å²) in [6.45, 7) is 3.24. The van der Waals surface area contributed by atoms with Crippen LogP contribution in [0.4, 0.5) is 0 Å². The molecule has 2 nitrogen and oxygen atoms in total. The molecule has 14 heavy (non-hydrogen) atoms. The van der Waals surface area contributed by atoms with E-state index in [1.165, 1.54) is 19.3 Å². The van der Waals surface area contributed by atoms with E-state index in [0.29, 0.717) is 23.2 Å². The first-order valence-corrected chi connectivity index (χ1v) is 6.01. The van der Waals surface area contributed by atoms with Gasteiger partial charge in [-0.2, -0.15) is 0 Å². The standard InChI is InChI=1S/C12H19NO/c1-2-13-12-5-8-3-9(6-12)11(14)10(4-8)7-12/h8-10,13H,2-7H2,1H3. The van der Waals surface area contributed by atoms with Gasteiger partial charge in [-0.3, -0.25) is 4.79 Å². The molecule has 4 rings (SSSR count). The van der Waals surface area contributed by atoms with Gasteiger partial charge in [-0.1, -0.05) is 6.92 Å². The van der Waals surface area contributed by atoms with E-state index in [0.717, 1.165) is 25.3 Å². The molecule has 0 saturated heterocycles. The van der Waals surface area contributed by atoms with E-state index in [4.69, 9.17) is 0 Å². The smallest absolute Gasteiger partial charge is 0.139 e. The van der Waals surface area contributed by atoms with E-state index in [9.17, 15) is 4.79 Å². The zero-order chi connectivity index (χ0) is 9.76. The molecular weight excluding hydrogens is 174 g/mol. The maximum atomic E-state index is 11.9. The summed E-state index contributed by atoms with van der Waals surface area (Å²) < 4.78 is 0. The Morgan fingerprint density at radius 2 is 1.93 bits per heavy atom. The van der Waals surface area contributed by atoms with Gasteiger partial charge in [0.05, 0.1) is 0 Å². The van der Waals surface area contributed by atoms with Crippen LogP contribution in [0, 0.1) is 17.8 Å². The average molecular weight is 193 g/mol. The Morgan fingerprint density at radius 3 is 2.50 bits per heavy atom. The van der Waals surface area contributed by atoms with Gasteiger partial charge >= 0.3 is 0 Å². The highest BCUT2D eigenvalue weighted by Gasteiger charge is 2.54. The summed E-state index contributed by atoms with van der Waals surface area (Å²) in [4.78, 5) is 11.9. The molecule has 2 unspecified atom stereocenters. The van der Waals surface area contributed by atoms with Gasteiger partial charge in [0.2, 0.25) is 0 Å². The van der Waals surface area contributed by atoms with Gasteiger partial charge in [0.1, 0.15) is 5.78 Å². The zero-order valence-corrected chi connectivity index (χ0v) is 8.88. The van der Waals surface area contributed by atoms with Crippen molar-refractivity contribution in [3.05, 3.63) is 0 Å². The number of ketones is 1. The maximum absolute atomic E-state index is 11.9. The van der Waals surface area contributed by atoms with E-state index in [1.54, 1.807) is 0 Å². The third-order valence-corrected chi connectivity index (χ3v) is 4.55. The van der Waals surface area contributed by atoms with Crippen molar-refractivity contribution in [2.45, 2.75) is 44.6 Å². The molecule has 4 aliphatic rings. The highest BCUT2D eigenvalue weighted by molar-refractivity contribution is 5.86. The summed E-state index contributed by atoms with van der Waals surface area (Å²) in [6, 6.07) is 0. The monoisotopic (exact) mass is 193 g/mol. The van der Waals surface area contributed by atoms with Crippen LogP contribution in [0.25, 0.3) is 0 Å². The van der Waals surface area contributed by atoms with Crippen LogP contribution in [0.2, 0.25) is 0 Å². The topological polar surface area (TPSA) is 29.1 Å². The van der Waals surface area contributed by atoms with Gasteiger partial charge in [0.25, 0.3) is 0 Å². The Bertz CT molecular complexity index is 255. The summed E-state index contributed by atoms with van der Waals surface area (Å²) >= 11 is 0. The van der Waals surface area contributed by atoms with Crippen molar-refractivity contribution in [2.75, 3.05) is 6.54 Å². The summed E-state index contributed by atoms with van der Waals surface area (Å²) in [5.41, 5.74) is 0.360. The number of carbonyl (C=O) groups excluding carboxylic acids is 1. The van der Waals surface area contributed by atoms with Crippen molar-refractivity contribution < 1.29 is 4.79 Å². The molecule has 1 N–H and O–H groups in total. The first kappa shape index (κ1) is 8.90. The number of hydrogen-bond donors (Lipinski definition) is 1. The lowest BCUT2D eigenvalue weighted by molar-refractivity contribution is -0.142. The molecule has 4 bridgehead atoms. The Labute approximate surface area is 85.4 Å². The highest BCUT2D eigenvalue weighted by atomic mass is 16.1. The molecule has 0 amide bonds. The highest BCUT2D eigenvalue weighted by Crippen LogP contribution is 2.53. The molecule has 78 valence electrons. The molecule has 0 aromatic carbocycles. The van der Waals surface area contributed by atoms with Crippen molar-refractivity contribution in [1.29, 1.82) is 0 Å². The Kier molecular flexibility index (Phi) is 1.79. The van der Waals surface area contributed by atoms with Crippen LogP contribution < -0.4 is 5.32 Å². The van der Waals surface area contributed by atoms with Crippen LogP contribution in [0.15, 0.2) is 0 Å². The number of carbonyl (C=O) groups is 1. The van der Waals surface area contributed by atoms with Gasteiger partial charge < -0.3 is 5.32 Å². The molecular formula is C12H19NO. The second-order valence-electron chi connectivity index (χ2n) is 5.56. The van der Waals surface area contributed by atoms with Crippen LogP contribution in [-0.2, 0) is 4.79 Å². The number of hydrogen-bond acceptors (Lipinski definition) is 2. The number of nitrogens with one attached hydrogen (secondary N) is 1. The fourth-order valence-corrected chi connectivity index (χ4v) is 4.34. The summed E-state index contributed by atoms with van der Waals surface area (Å²) in [6.07, 6.45) is 5.99. The third-order valence-electron chi connectivity index (χ3n) is 4.55. The van der Waals surface area contributed by atoms with Gasteiger partial charge in [0, 0.05) is 17.4 Å². The zero-order valence-electron chi connectivity index (χ0n) is 8.88. The van der Waals surface area contributed by atoms with Crippen molar-refractivity contribution in [3.63, 3.8) is 0 Å². The Hall–Kier alpha value is -0.370. The van der Waals surface area contributed by atoms with Crippen LogP contribution in [0.3, 0.4) is 0 Å². The van der Waals surface area contributed by atoms with Crippen molar-refractivity contribution >= 4 is 5.78 Å². The lowest BCUT2D eigenvalue weighted by Gasteiger charge is -2.56.